The van der Waals surface area contributed by atoms with Gasteiger partial charge in [-0.3, -0.25) is 9.71 Å². The zero-order valence-electron chi connectivity index (χ0n) is 19.5. The molecule has 2 heterocycles. The van der Waals surface area contributed by atoms with Crippen molar-refractivity contribution in [1.82, 2.24) is 20.3 Å². The van der Waals surface area contributed by atoms with Crippen LogP contribution in [0.5, 0.6) is 5.75 Å². The molecule has 2 aromatic heterocycles. The Kier molecular flexibility index (Phi) is 8.21. The molecular formula is C25H26ClN5O4S. The molecule has 0 amide bonds. The molecule has 0 saturated heterocycles. The van der Waals surface area contributed by atoms with Crippen LogP contribution in [0.2, 0.25) is 5.02 Å². The van der Waals surface area contributed by atoms with E-state index in [2.05, 4.69) is 25.0 Å². The summed E-state index contributed by atoms with van der Waals surface area (Å²) < 4.78 is 31.1. The van der Waals surface area contributed by atoms with Gasteiger partial charge in [0.15, 0.2) is 0 Å². The highest BCUT2D eigenvalue weighted by molar-refractivity contribution is 7.92. The Morgan fingerprint density at radius 1 is 1.14 bits per heavy atom. The molecule has 9 nitrogen and oxygen atoms in total. The maximum atomic E-state index is 11.5. The molecule has 0 radical (unpaired) electrons. The molecule has 0 aliphatic heterocycles. The van der Waals surface area contributed by atoms with E-state index in [4.69, 9.17) is 16.3 Å². The Hall–Kier alpha value is -3.44. The summed E-state index contributed by atoms with van der Waals surface area (Å²) in [6, 6.07) is 16.2. The number of aromatic nitrogens is 3. The number of H-pyrrole nitrogens is 1. The predicted molar refractivity (Wildman–Crippen MR) is 140 cm³/mol. The first-order chi connectivity index (χ1) is 17.3. The monoisotopic (exact) mass is 527 g/mol. The van der Waals surface area contributed by atoms with Gasteiger partial charge in [-0.15, -0.1) is 0 Å². The third-order valence-corrected chi connectivity index (χ3v) is 6.14. The Bertz CT molecular complexity index is 1400. The minimum Gasteiger partial charge on any atom is -0.492 e. The highest BCUT2D eigenvalue weighted by Crippen LogP contribution is 2.27. The van der Waals surface area contributed by atoms with Gasteiger partial charge in [-0.1, -0.05) is 17.7 Å². The highest BCUT2D eigenvalue weighted by Gasteiger charge is 2.12. The molecule has 0 aliphatic carbocycles. The number of hydrogen-bond acceptors (Lipinski definition) is 7. The van der Waals surface area contributed by atoms with E-state index in [1.165, 1.54) is 6.07 Å². The van der Waals surface area contributed by atoms with Crippen molar-refractivity contribution in [3.05, 3.63) is 83.8 Å². The number of pyridine rings is 1. The summed E-state index contributed by atoms with van der Waals surface area (Å²) in [6.45, 7) is 1.18. The second kappa shape index (κ2) is 11.5. The Morgan fingerprint density at radius 3 is 2.67 bits per heavy atom. The molecule has 0 bridgehead atoms. The third-order valence-electron chi connectivity index (χ3n) is 5.22. The maximum absolute atomic E-state index is 11.5. The van der Waals surface area contributed by atoms with Crippen molar-refractivity contribution in [2.75, 3.05) is 30.7 Å². The lowest BCUT2D eigenvalue weighted by Gasteiger charge is -2.15. The van der Waals surface area contributed by atoms with Gasteiger partial charge in [0.25, 0.3) is 0 Å². The van der Waals surface area contributed by atoms with Crippen molar-refractivity contribution in [2.24, 2.45) is 0 Å². The fraction of sp³-hybridized carbons (Fsp3) is 0.200. The average Bonchev–Trinajstić information content (AvgIpc) is 3.36. The largest absolute Gasteiger partial charge is 0.492 e. The summed E-state index contributed by atoms with van der Waals surface area (Å²) in [7, 11) is -3.48. The number of sulfonamides is 1. The van der Waals surface area contributed by atoms with E-state index in [-0.39, 0.29) is 17.3 Å². The van der Waals surface area contributed by atoms with Crippen molar-refractivity contribution in [2.45, 2.75) is 6.10 Å². The van der Waals surface area contributed by atoms with E-state index in [0.717, 1.165) is 34.7 Å². The summed E-state index contributed by atoms with van der Waals surface area (Å²) in [5.41, 5.74) is 3.48. The van der Waals surface area contributed by atoms with Crippen molar-refractivity contribution < 1.29 is 18.3 Å². The highest BCUT2D eigenvalue weighted by atomic mass is 35.5. The van der Waals surface area contributed by atoms with Gasteiger partial charge in [0.2, 0.25) is 10.0 Å². The van der Waals surface area contributed by atoms with E-state index in [1.807, 2.05) is 42.6 Å². The molecule has 11 heteroatoms. The number of aromatic amines is 1. The van der Waals surface area contributed by atoms with Gasteiger partial charge in [-0.2, -0.15) is 0 Å². The van der Waals surface area contributed by atoms with Gasteiger partial charge in [-0.25, -0.2) is 13.4 Å². The van der Waals surface area contributed by atoms with E-state index in [1.54, 1.807) is 24.5 Å². The molecule has 2 aromatic carbocycles. The van der Waals surface area contributed by atoms with Crippen LogP contribution in [0.3, 0.4) is 0 Å². The fourth-order valence-corrected chi connectivity index (χ4v) is 4.26. The SMILES string of the molecule is CS(=O)(=O)Nc1cc(C(O)CNCCOc2ccc(-c3c[nH]c(-c4cccnc4)n3)cc2)ccc1Cl. The summed E-state index contributed by atoms with van der Waals surface area (Å²) >= 11 is 6.03. The molecule has 0 spiro atoms. The van der Waals surface area contributed by atoms with Gasteiger partial charge >= 0.3 is 0 Å². The minimum atomic E-state index is -3.48. The third kappa shape index (κ3) is 7.05. The molecule has 0 aliphatic rings. The second-order valence-electron chi connectivity index (χ2n) is 8.08. The zero-order valence-corrected chi connectivity index (χ0v) is 21.1. The fourth-order valence-electron chi connectivity index (χ4n) is 3.47. The number of rotatable bonds is 11. The molecule has 1 atom stereocenters. The number of ether oxygens (including phenoxy) is 1. The molecule has 4 rings (SSSR count). The van der Waals surface area contributed by atoms with Crippen LogP contribution in [-0.2, 0) is 10.0 Å². The second-order valence-corrected chi connectivity index (χ2v) is 10.2. The van der Waals surface area contributed by atoms with Crippen LogP contribution < -0.4 is 14.8 Å². The first kappa shape index (κ1) is 25.6. The van der Waals surface area contributed by atoms with Crippen LogP contribution in [-0.4, -0.2) is 54.4 Å². The number of hydrogen-bond donors (Lipinski definition) is 4. The van der Waals surface area contributed by atoms with Crippen LogP contribution in [0.1, 0.15) is 11.7 Å². The van der Waals surface area contributed by atoms with Gasteiger partial charge in [-0.05, 0) is 54.1 Å². The van der Waals surface area contributed by atoms with E-state index < -0.39 is 16.1 Å². The Labute approximate surface area is 214 Å². The summed E-state index contributed by atoms with van der Waals surface area (Å²) in [6.07, 6.45) is 5.54. The number of nitrogens with one attached hydrogen (secondary N) is 3. The predicted octanol–water partition coefficient (Wildman–Crippen LogP) is 3.87. The van der Waals surface area contributed by atoms with Crippen molar-refractivity contribution in [3.8, 4) is 28.4 Å². The zero-order chi connectivity index (χ0) is 25.5. The number of aliphatic hydroxyl groups excluding tert-OH is 1. The molecule has 4 aromatic rings. The van der Waals surface area contributed by atoms with Gasteiger partial charge in [0.05, 0.1) is 28.8 Å². The van der Waals surface area contributed by atoms with Crippen LogP contribution in [0.4, 0.5) is 5.69 Å². The smallest absolute Gasteiger partial charge is 0.229 e. The van der Waals surface area contributed by atoms with E-state index >= 15 is 0 Å². The lowest BCUT2D eigenvalue weighted by molar-refractivity contribution is 0.172. The topological polar surface area (TPSA) is 129 Å². The summed E-state index contributed by atoms with van der Waals surface area (Å²) in [5, 5.41) is 13.8. The normalized spacial score (nSPS) is 12.3. The van der Waals surface area contributed by atoms with Crippen molar-refractivity contribution >= 4 is 27.3 Å². The first-order valence-electron chi connectivity index (χ1n) is 11.1. The van der Waals surface area contributed by atoms with Crippen LogP contribution >= 0.6 is 11.6 Å². The summed E-state index contributed by atoms with van der Waals surface area (Å²) in [5.74, 6) is 1.48. The number of benzene rings is 2. The summed E-state index contributed by atoms with van der Waals surface area (Å²) in [4.78, 5) is 11.9. The van der Waals surface area contributed by atoms with Crippen molar-refractivity contribution in [3.63, 3.8) is 0 Å². The lowest BCUT2D eigenvalue weighted by atomic mass is 10.1. The molecule has 188 valence electrons. The molecule has 0 fully saturated rings. The van der Waals surface area contributed by atoms with E-state index in [0.29, 0.717) is 18.7 Å². The van der Waals surface area contributed by atoms with E-state index in [9.17, 15) is 13.5 Å². The maximum Gasteiger partial charge on any atom is 0.229 e. The number of halogens is 1. The molecule has 36 heavy (non-hydrogen) atoms. The Morgan fingerprint density at radius 2 is 1.94 bits per heavy atom. The van der Waals surface area contributed by atoms with Gasteiger partial charge < -0.3 is 20.1 Å². The molecule has 0 saturated carbocycles. The molecular weight excluding hydrogens is 502 g/mol. The van der Waals surface area contributed by atoms with Crippen molar-refractivity contribution in [1.29, 1.82) is 0 Å². The lowest BCUT2D eigenvalue weighted by Crippen LogP contribution is -2.26. The Balaban J connectivity index is 1.23. The number of anilines is 1. The molecule has 1 unspecified atom stereocenters. The minimum absolute atomic E-state index is 0.227. The molecule has 4 N–H and O–H groups in total. The number of aliphatic hydroxyl groups is 1. The average molecular weight is 528 g/mol. The van der Waals surface area contributed by atoms with Crippen LogP contribution in [0.15, 0.2) is 73.2 Å². The number of imidazole rings is 1. The first-order valence-corrected chi connectivity index (χ1v) is 13.4. The quantitative estimate of drug-likeness (QED) is 0.218. The van der Waals surface area contributed by atoms with Gasteiger partial charge in [0, 0.05) is 42.8 Å². The van der Waals surface area contributed by atoms with Crippen LogP contribution in [0, 0.1) is 0 Å². The van der Waals surface area contributed by atoms with Crippen LogP contribution in [0.25, 0.3) is 22.6 Å². The number of nitrogens with zero attached hydrogens (tertiary/aromatic N) is 2. The standard InChI is InChI=1S/C25H26ClN5O4S/c1-36(33,34)31-22-13-18(6-9-21(22)26)24(32)16-28-11-12-35-20-7-4-17(5-8-20)23-15-29-25(30-23)19-3-2-10-27-14-19/h2-10,13-15,24,28,31-32H,11-12,16H2,1H3,(H,29,30). The van der Waals surface area contributed by atoms with Gasteiger partial charge in [0.1, 0.15) is 18.2 Å².